The molecule has 0 radical (unpaired) electrons. The van der Waals surface area contributed by atoms with Crippen molar-refractivity contribution in [2.75, 3.05) is 30.8 Å². The Kier molecular flexibility index (Phi) is 7.81. The Morgan fingerprint density at radius 1 is 1.15 bits per heavy atom. The molecule has 0 bridgehead atoms. The number of nitrogens with zero attached hydrogens (tertiary/aromatic N) is 5. The number of amides is 1. The minimum absolute atomic E-state index is 0.0184. The monoisotopic (exact) mass is 578 g/mol. The summed E-state index contributed by atoms with van der Waals surface area (Å²) in [7, 11) is 0. The van der Waals surface area contributed by atoms with Gasteiger partial charge in [-0.05, 0) is 72.7 Å². The number of alkyl halides is 1. The lowest BCUT2D eigenvalue weighted by atomic mass is 10.0. The number of piperidine rings is 1. The number of rotatable bonds is 7. The zero-order chi connectivity index (χ0) is 28.5. The molecule has 214 valence electrons. The maximum Gasteiger partial charge on any atom is 0.271 e. The SMILES string of the molecule is CSc1ccc(F)cc1[C@H]1C[C@H](F)CN1c1ccc2ncc(C(=O)NC3CCN(Cc4cccc(O)c4)CC3)n2n1. The standard InChI is InChI=1S/C30H32F2N6O2S/c1-41-27-6-5-20(31)14-24(27)25-15-21(32)18-37(25)29-8-7-28-33-16-26(38(28)35-29)30(40)34-22-9-11-36(12-10-22)17-19-3-2-4-23(39)13-19/h2-8,13-14,16,21-22,25,39H,9-12,15,17-18H2,1H3,(H,34,40)/t21-,25+/m0/s1. The summed E-state index contributed by atoms with van der Waals surface area (Å²) in [5, 5.41) is 17.6. The molecule has 4 aromatic rings. The van der Waals surface area contributed by atoms with Gasteiger partial charge in [0.25, 0.3) is 5.91 Å². The zero-order valence-corrected chi connectivity index (χ0v) is 23.5. The van der Waals surface area contributed by atoms with Crippen LogP contribution >= 0.6 is 11.8 Å². The van der Waals surface area contributed by atoms with Crippen molar-refractivity contribution in [3.8, 4) is 5.75 Å². The number of phenolic OH excluding ortho intramolecular Hbond substituents is 1. The molecule has 2 aromatic carbocycles. The number of likely N-dealkylation sites (tertiary alicyclic amines) is 1. The molecule has 2 aliphatic rings. The van der Waals surface area contributed by atoms with Gasteiger partial charge in [0.1, 0.15) is 23.6 Å². The average molecular weight is 579 g/mol. The second-order valence-electron chi connectivity index (χ2n) is 10.7. The first-order valence-electron chi connectivity index (χ1n) is 13.8. The number of nitrogens with one attached hydrogen (secondary N) is 1. The van der Waals surface area contributed by atoms with Crippen LogP contribution in [0.1, 0.15) is 46.9 Å². The van der Waals surface area contributed by atoms with E-state index in [-0.39, 0.29) is 42.5 Å². The van der Waals surface area contributed by atoms with Crippen molar-refractivity contribution >= 4 is 29.1 Å². The summed E-state index contributed by atoms with van der Waals surface area (Å²) in [5.74, 6) is 0.149. The number of hydrogen-bond donors (Lipinski definition) is 2. The Labute approximate surface area is 241 Å². The molecule has 6 rings (SSSR count). The summed E-state index contributed by atoms with van der Waals surface area (Å²) < 4.78 is 30.5. The lowest BCUT2D eigenvalue weighted by molar-refractivity contribution is 0.0901. The third kappa shape index (κ3) is 5.87. The van der Waals surface area contributed by atoms with Crippen LogP contribution in [-0.4, -0.2) is 68.6 Å². The minimum atomic E-state index is -1.08. The highest BCUT2D eigenvalue weighted by molar-refractivity contribution is 7.98. The number of aromatic hydroxyl groups is 1. The maximum absolute atomic E-state index is 14.8. The highest BCUT2D eigenvalue weighted by Crippen LogP contribution is 2.40. The molecule has 2 N–H and O–H groups in total. The fourth-order valence-corrected chi connectivity index (χ4v) is 6.51. The fraction of sp³-hybridized carbons (Fsp3) is 0.367. The molecule has 2 fully saturated rings. The van der Waals surface area contributed by atoms with Crippen LogP contribution in [0, 0.1) is 5.82 Å². The molecule has 2 aliphatic heterocycles. The van der Waals surface area contributed by atoms with Crippen LogP contribution in [0.5, 0.6) is 5.75 Å². The van der Waals surface area contributed by atoms with Crippen LogP contribution in [0.3, 0.4) is 0 Å². The zero-order valence-electron chi connectivity index (χ0n) is 22.7. The van der Waals surface area contributed by atoms with E-state index < -0.39 is 6.17 Å². The fourth-order valence-electron chi connectivity index (χ4n) is 5.88. The predicted octanol–water partition coefficient (Wildman–Crippen LogP) is 4.98. The van der Waals surface area contributed by atoms with Gasteiger partial charge in [-0.15, -0.1) is 16.9 Å². The number of imidazole rings is 1. The van der Waals surface area contributed by atoms with Gasteiger partial charge < -0.3 is 15.3 Å². The van der Waals surface area contributed by atoms with Crippen molar-refractivity contribution in [1.29, 1.82) is 0 Å². The molecule has 0 spiro atoms. The highest BCUT2D eigenvalue weighted by atomic mass is 32.2. The summed E-state index contributed by atoms with van der Waals surface area (Å²) in [4.78, 5) is 22.7. The molecule has 2 atom stereocenters. The van der Waals surface area contributed by atoms with Crippen molar-refractivity contribution in [2.45, 2.75) is 49.0 Å². The lowest BCUT2D eigenvalue weighted by Gasteiger charge is -2.32. The van der Waals surface area contributed by atoms with Gasteiger partial charge in [-0.1, -0.05) is 12.1 Å². The van der Waals surface area contributed by atoms with Crippen molar-refractivity contribution in [3.05, 3.63) is 83.4 Å². The number of anilines is 1. The molecule has 0 saturated carbocycles. The van der Waals surface area contributed by atoms with Crippen LogP contribution in [0.4, 0.5) is 14.6 Å². The van der Waals surface area contributed by atoms with Crippen molar-refractivity contribution in [3.63, 3.8) is 0 Å². The number of carbonyl (C=O) groups is 1. The summed E-state index contributed by atoms with van der Waals surface area (Å²) in [6.45, 7) is 2.54. The van der Waals surface area contributed by atoms with Crippen LogP contribution < -0.4 is 10.2 Å². The Morgan fingerprint density at radius 2 is 1.98 bits per heavy atom. The summed E-state index contributed by atoms with van der Waals surface area (Å²) in [5.41, 5.74) is 2.62. The normalized spacial score (nSPS) is 20.1. The summed E-state index contributed by atoms with van der Waals surface area (Å²) in [6.07, 6.45) is 4.19. The van der Waals surface area contributed by atoms with E-state index in [9.17, 15) is 18.7 Å². The van der Waals surface area contributed by atoms with Gasteiger partial charge in [-0.3, -0.25) is 9.69 Å². The number of thioether (sulfide) groups is 1. The second-order valence-corrected chi connectivity index (χ2v) is 11.5. The van der Waals surface area contributed by atoms with E-state index in [1.165, 1.54) is 34.6 Å². The number of aromatic nitrogens is 3. The van der Waals surface area contributed by atoms with Gasteiger partial charge in [0.05, 0.1) is 18.8 Å². The van der Waals surface area contributed by atoms with Crippen LogP contribution in [0.2, 0.25) is 0 Å². The van der Waals surface area contributed by atoms with Gasteiger partial charge in [0.15, 0.2) is 11.3 Å². The van der Waals surface area contributed by atoms with Gasteiger partial charge in [-0.2, -0.15) is 0 Å². The number of carbonyl (C=O) groups excluding carboxylic acids is 1. The topological polar surface area (TPSA) is 86.0 Å². The molecule has 11 heteroatoms. The first-order valence-corrected chi connectivity index (χ1v) is 15.0. The molecular weight excluding hydrogens is 546 g/mol. The molecule has 4 heterocycles. The van der Waals surface area contributed by atoms with Crippen molar-refractivity contribution in [1.82, 2.24) is 24.8 Å². The van der Waals surface area contributed by atoms with E-state index in [1.807, 2.05) is 23.3 Å². The van der Waals surface area contributed by atoms with E-state index in [0.29, 0.717) is 17.2 Å². The van der Waals surface area contributed by atoms with Crippen molar-refractivity contribution in [2.24, 2.45) is 0 Å². The minimum Gasteiger partial charge on any atom is -0.508 e. The molecule has 41 heavy (non-hydrogen) atoms. The van der Waals surface area contributed by atoms with Gasteiger partial charge in [-0.25, -0.2) is 18.3 Å². The number of halogens is 2. The van der Waals surface area contributed by atoms with Gasteiger partial charge in [0.2, 0.25) is 0 Å². The number of benzene rings is 2. The third-order valence-electron chi connectivity index (χ3n) is 7.92. The summed E-state index contributed by atoms with van der Waals surface area (Å²) >= 11 is 1.50. The number of hydrogen-bond acceptors (Lipinski definition) is 7. The highest BCUT2D eigenvalue weighted by Gasteiger charge is 2.36. The molecule has 8 nitrogen and oxygen atoms in total. The summed E-state index contributed by atoms with van der Waals surface area (Å²) in [6, 6.07) is 15.1. The largest absolute Gasteiger partial charge is 0.508 e. The third-order valence-corrected chi connectivity index (χ3v) is 8.73. The van der Waals surface area contributed by atoms with Crippen molar-refractivity contribution < 1.29 is 18.7 Å². The molecule has 0 aliphatic carbocycles. The Hall–Kier alpha value is -3.70. The van der Waals surface area contributed by atoms with E-state index in [1.54, 1.807) is 30.3 Å². The smallest absolute Gasteiger partial charge is 0.271 e. The van der Waals surface area contributed by atoms with E-state index >= 15 is 0 Å². The van der Waals surface area contributed by atoms with Crippen LogP contribution in [0.25, 0.3) is 5.65 Å². The van der Waals surface area contributed by atoms with E-state index in [2.05, 4.69) is 15.2 Å². The van der Waals surface area contributed by atoms with E-state index in [4.69, 9.17) is 5.10 Å². The van der Waals surface area contributed by atoms with Gasteiger partial charge >= 0.3 is 0 Å². The quantitative estimate of drug-likeness (QED) is 0.299. The first kappa shape index (κ1) is 27.5. The first-order chi connectivity index (χ1) is 19.9. The van der Waals surface area contributed by atoms with E-state index in [0.717, 1.165) is 48.5 Å². The average Bonchev–Trinajstić information content (AvgIpc) is 3.57. The maximum atomic E-state index is 14.8. The Morgan fingerprint density at radius 3 is 2.76 bits per heavy atom. The molecule has 2 saturated heterocycles. The molecule has 1 amide bonds. The van der Waals surface area contributed by atoms with Gasteiger partial charge in [0, 0.05) is 37.0 Å². The second kappa shape index (κ2) is 11.7. The lowest BCUT2D eigenvalue weighted by Crippen LogP contribution is -2.44. The van der Waals surface area contributed by atoms with Crippen LogP contribution in [0.15, 0.2) is 65.7 Å². The molecular formula is C30H32F2N6O2S. The number of phenols is 1. The molecule has 2 aromatic heterocycles. The Balaban J connectivity index is 1.16. The number of fused-ring (bicyclic) bond motifs is 1. The Bertz CT molecular complexity index is 1560. The predicted molar refractivity (Wildman–Crippen MR) is 155 cm³/mol. The van der Waals surface area contributed by atoms with Crippen LogP contribution in [-0.2, 0) is 6.54 Å². The molecule has 0 unspecified atom stereocenters.